The van der Waals surface area contributed by atoms with E-state index in [-0.39, 0.29) is 0 Å². The topological polar surface area (TPSA) is 0 Å². The van der Waals surface area contributed by atoms with Crippen LogP contribution in [0.25, 0.3) is 0 Å². The summed E-state index contributed by atoms with van der Waals surface area (Å²) in [6.45, 7) is 11.9. The Labute approximate surface area is 58.3 Å². The highest BCUT2D eigenvalue weighted by atomic mass is 15.5. The molecule has 0 aromatic carbocycles. The molecule has 1 nitrogen and oxygen atoms in total. The summed E-state index contributed by atoms with van der Waals surface area (Å²) in [6, 6.07) is 1.86. The molecule has 9 heavy (non-hydrogen) atoms. The second-order valence-corrected chi connectivity index (χ2v) is 3.22. The third kappa shape index (κ3) is 0.710. The maximum absolute atomic E-state index is 2.36. The van der Waals surface area contributed by atoms with Crippen molar-refractivity contribution in [1.82, 2.24) is 0 Å². The Morgan fingerprint density at radius 2 is 1.33 bits per heavy atom. The lowest BCUT2D eigenvalue weighted by Gasteiger charge is -2.15. The van der Waals surface area contributed by atoms with Gasteiger partial charge in [0.25, 0.3) is 0 Å². The summed E-state index contributed by atoms with van der Waals surface area (Å²) in [6.07, 6.45) is 0. The fourth-order valence-corrected chi connectivity index (χ4v) is 2.21. The van der Waals surface area contributed by atoms with Crippen LogP contribution in [0.5, 0.6) is 0 Å². The maximum atomic E-state index is 2.36. The van der Waals surface area contributed by atoms with Crippen LogP contribution in [-0.2, 0) is 0 Å². The fourth-order valence-electron chi connectivity index (χ4n) is 2.21. The van der Waals surface area contributed by atoms with Gasteiger partial charge in [0.05, 0.1) is 13.1 Å². The van der Waals surface area contributed by atoms with Crippen LogP contribution in [0.1, 0.15) is 27.7 Å². The van der Waals surface area contributed by atoms with Gasteiger partial charge in [-0.05, 0) is 27.7 Å². The highest BCUT2D eigenvalue weighted by molar-refractivity contribution is 4.79. The second kappa shape index (κ2) is 1.98. The van der Waals surface area contributed by atoms with E-state index in [0.717, 1.165) is 12.1 Å². The standard InChI is InChI=1S/C8H18N/c1-5-9(6-2)7(3)8(9)4/h7-8H,5-6H2,1-4H3/q+1. The lowest BCUT2D eigenvalue weighted by Crippen LogP contribution is -2.28. The molecule has 1 rings (SSSR count). The summed E-state index contributed by atoms with van der Waals surface area (Å²) in [4.78, 5) is 0. The SMILES string of the molecule is CC[N+]1(CC)C(C)C1C. The molecule has 0 bridgehead atoms. The number of quaternary nitrogens is 1. The van der Waals surface area contributed by atoms with Crippen LogP contribution in [0.2, 0.25) is 0 Å². The third-order valence-electron chi connectivity index (χ3n) is 3.41. The first kappa shape index (κ1) is 7.07. The van der Waals surface area contributed by atoms with Crippen molar-refractivity contribution in [2.45, 2.75) is 39.8 Å². The van der Waals surface area contributed by atoms with Crippen molar-refractivity contribution in [2.24, 2.45) is 0 Å². The molecule has 1 heteroatoms. The Morgan fingerprint density at radius 3 is 1.33 bits per heavy atom. The number of likely N-dealkylation sites (N-methyl/N-ethyl adjacent to an activating group) is 1. The molecular weight excluding hydrogens is 110 g/mol. The molecule has 1 saturated heterocycles. The highest BCUT2D eigenvalue weighted by Gasteiger charge is 2.57. The monoisotopic (exact) mass is 128 g/mol. The van der Waals surface area contributed by atoms with Crippen LogP contribution in [0, 0.1) is 0 Å². The summed E-state index contributed by atoms with van der Waals surface area (Å²) < 4.78 is 1.36. The van der Waals surface area contributed by atoms with Crippen LogP contribution in [-0.4, -0.2) is 29.7 Å². The highest BCUT2D eigenvalue weighted by Crippen LogP contribution is 2.38. The van der Waals surface area contributed by atoms with E-state index in [1.807, 2.05) is 0 Å². The van der Waals surface area contributed by atoms with Gasteiger partial charge in [-0.3, -0.25) is 0 Å². The molecule has 1 aliphatic heterocycles. The van der Waals surface area contributed by atoms with Crippen molar-refractivity contribution in [2.75, 3.05) is 13.1 Å². The van der Waals surface area contributed by atoms with Crippen LogP contribution in [0.4, 0.5) is 0 Å². The molecule has 0 aromatic rings. The predicted octanol–water partition coefficient (Wildman–Crippen LogP) is 1.63. The van der Waals surface area contributed by atoms with Crippen molar-refractivity contribution in [1.29, 1.82) is 0 Å². The van der Waals surface area contributed by atoms with E-state index in [1.165, 1.54) is 17.6 Å². The molecular formula is C8H18N+. The van der Waals surface area contributed by atoms with E-state index in [9.17, 15) is 0 Å². The largest absolute Gasteiger partial charge is 0.310 e. The molecule has 2 unspecified atom stereocenters. The third-order valence-corrected chi connectivity index (χ3v) is 3.41. The molecule has 2 atom stereocenters. The van der Waals surface area contributed by atoms with Crippen molar-refractivity contribution < 1.29 is 4.48 Å². The smallest absolute Gasteiger partial charge is 0.139 e. The van der Waals surface area contributed by atoms with Gasteiger partial charge in [0, 0.05) is 0 Å². The van der Waals surface area contributed by atoms with Crippen molar-refractivity contribution >= 4 is 0 Å². The molecule has 1 heterocycles. The summed E-state index contributed by atoms with van der Waals surface area (Å²) in [5.41, 5.74) is 0. The zero-order valence-electron chi connectivity index (χ0n) is 7.02. The summed E-state index contributed by atoms with van der Waals surface area (Å²) in [7, 11) is 0. The summed E-state index contributed by atoms with van der Waals surface area (Å²) in [5.74, 6) is 0. The number of hydrogen-bond donors (Lipinski definition) is 0. The molecule has 0 aromatic heterocycles. The van der Waals surface area contributed by atoms with E-state index in [4.69, 9.17) is 0 Å². The van der Waals surface area contributed by atoms with E-state index in [1.54, 1.807) is 0 Å². The fraction of sp³-hybridized carbons (Fsp3) is 1.00. The Hall–Kier alpha value is -0.0400. The number of hydrogen-bond acceptors (Lipinski definition) is 0. The normalized spacial score (nSPS) is 38.7. The van der Waals surface area contributed by atoms with E-state index in [2.05, 4.69) is 27.7 Å². The van der Waals surface area contributed by atoms with Gasteiger partial charge >= 0.3 is 0 Å². The second-order valence-electron chi connectivity index (χ2n) is 3.22. The molecule has 0 saturated carbocycles. The minimum absolute atomic E-state index is 0.931. The van der Waals surface area contributed by atoms with Gasteiger partial charge in [-0.15, -0.1) is 0 Å². The zero-order chi connectivity index (χ0) is 7.07. The molecule has 1 aliphatic rings. The molecule has 0 aliphatic carbocycles. The Morgan fingerprint density at radius 1 is 1.00 bits per heavy atom. The first-order valence-corrected chi connectivity index (χ1v) is 4.05. The quantitative estimate of drug-likeness (QED) is 0.392. The van der Waals surface area contributed by atoms with Gasteiger partial charge in [0.1, 0.15) is 12.1 Å². The number of rotatable bonds is 2. The van der Waals surface area contributed by atoms with Crippen LogP contribution in [0.3, 0.4) is 0 Å². The van der Waals surface area contributed by atoms with E-state index < -0.39 is 0 Å². The van der Waals surface area contributed by atoms with E-state index in [0.29, 0.717) is 0 Å². The minimum atomic E-state index is 0.931. The van der Waals surface area contributed by atoms with Crippen molar-refractivity contribution in [3.63, 3.8) is 0 Å². The average molecular weight is 128 g/mol. The molecule has 0 N–H and O–H groups in total. The van der Waals surface area contributed by atoms with Crippen LogP contribution in [0.15, 0.2) is 0 Å². The zero-order valence-corrected chi connectivity index (χ0v) is 7.02. The van der Waals surface area contributed by atoms with Gasteiger partial charge in [0.2, 0.25) is 0 Å². The van der Waals surface area contributed by atoms with Gasteiger partial charge in [-0.25, -0.2) is 0 Å². The molecule has 54 valence electrons. The first-order chi connectivity index (χ1) is 4.19. The molecule has 1 fully saturated rings. The van der Waals surface area contributed by atoms with Crippen molar-refractivity contribution in [3.8, 4) is 0 Å². The van der Waals surface area contributed by atoms with E-state index >= 15 is 0 Å². The first-order valence-electron chi connectivity index (χ1n) is 4.05. The molecule has 0 spiro atoms. The van der Waals surface area contributed by atoms with Crippen molar-refractivity contribution in [3.05, 3.63) is 0 Å². The Bertz CT molecular complexity index is 95.1. The van der Waals surface area contributed by atoms with Gasteiger partial charge in [-0.2, -0.15) is 0 Å². The predicted molar refractivity (Wildman–Crippen MR) is 40.3 cm³/mol. The average Bonchev–Trinajstić information content (AvgIpc) is 2.39. The van der Waals surface area contributed by atoms with Crippen LogP contribution >= 0.6 is 0 Å². The van der Waals surface area contributed by atoms with Gasteiger partial charge < -0.3 is 4.48 Å². The van der Waals surface area contributed by atoms with Gasteiger partial charge in [-0.1, -0.05) is 0 Å². The molecule has 0 radical (unpaired) electrons. The Kier molecular flexibility index (Phi) is 1.55. The van der Waals surface area contributed by atoms with Gasteiger partial charge in [0.15, 0.2) is 0 Å². The van der Waals surface area contributed by atoms with Crippen LogP contribution < -0.4 is 0 Å². The minimum Gasteiger partial charge on any atom is -0.310 e. The lowest BCUT2D eigenvalue weighted by atomic mass is 10.4. The summed E-state index contributed by atoms with van der Waals surface area (Å²) in [5, 5.41) is 0. The number of nitrogens with zero attached hydrogens (tertiary/aromatic N) is 1. The molecule has 0 amide bonds. The Balaban J connectivity index is 2.54. The maximum Gasteiger partial charge on any atom is 0.139 e. The summed E-state index contributed by atoms with van der Waals surface area (Å²) >= 11 is 0. The lowest BCUT2D eigenvalue weighted by molar-refractivity contribution is -0.820.